The Morgan fingerprint density at radius 3 is 2.65 bits per heavy atom. The Balaban J connectivity index is 2.35. The van der Waals surface area contributed by atoms with Crippen molar-refractivity contribution in [2.45, 2.75) is 6.18 Å². The largest absolute Gasteiger partial charge is 0.497 e. The molecule has 0 saturated heterocycles. The van der Waals surface area contributed by atoms with Crippen molar-refractivity contribution in [2.75, 3.05) is 7.11 Å². The molecule has 0 aliphatic rings. The van der Waals surface area contributed by atoms with Gasteiger partial charge in [0, 0.05) is 35.9 Å². The van der Waals surface area contributed by atoms with Crippen molar-refractivity contribution in [3.05, 3.63) is 41.4 Å². The van der Waals surface area contributed by atoms with E-state index in [1.807, 2.05) is 0 Å². The van der Waals surface area contributed by atoms with Crippen molar-refractivity contribution in [3.8, 4) is 17.0 Å². The fourth-order valence-electron chi connectivity index (χ4n) is 2.46. The first-order valence-corrected chi connectivity index (χ1v) is 6.92. The van der Waals surface area contributed by atoms with Crippen LogP contribution in [0.1, 0.15) is 5.56 Å². The average Bonchev–Trinajstić information content (AvgIpc) is 2.82. The Labute approximate surface area is 134 Å². The summed E-state index contributed by atoms with van der Waals surface area (Å²) in [6.07, 6.45) is -2.30. The first kappa shape index (κ1) is 15.6. The van der Waals surface area contributed by atoms with E-state index in [-0.39, 0.29) is 11.0 Å². The molecule has 3 rings (SSSR count). The number of alkyl halides is 3. The highest BCUT2D eigenvalue weighted by Gasteiger charge is 2.36. The van der Waals surface area contributed by atoms with Gasteiger partial charge in [-0.1, -0.05) is 0 Å². The van der Waals surface area contributed by atoms with Gasteiger partial charge in [-0.3, -0.25) is 0 Å². The minimum Gasteiger partial charge on any atom is -0.497 e. The summed E-state index contributed by atoms with van der Waals surface area (Å²) >= 11 is 5.71. The van der Waals surface area contributed by atoms with Crippen LogP contribution in [0.15, 0.2) is 30.6 Å². The third-order valence-corrected chi connectivity index (χ3v) is 3.70. The number of benzene rings is 1. The minimum atomic E-state index is -4.58. The summed E-state index contributed by atoms with van der Waals surface area (Å²) in [6, 6.07) is 5.18. The molecule has 0 unspecified atom stereocenters. The van der Waals surface area contributed by atoms with Gasteiger partial charge in [-0.15, -0.1) is 0 Å². The predicted molar refractivity (Wildman–Crippen MR) is 80.5 cm³/mol. The second kappa shape index (κ2) is 5.42. The SMILES string of the molecule is COc1ccc2c(c1)c(-c1nc(Cl)ncc1C(F)(F)F)cn2C. The highest BCUT2D eigenvalue weighted by molar-refractivity contribution is 6.28. The highest BCUT2D eigenvalue weighted by Crippen LogP contribution is 2.39. The first-order valence-electron chi connectivity index (χ1n) is 6.54. The van der Waals surface area contributed by atoms with E-state index in [1.54, 1.807) is 36.0 Å². The van der Waals surface area contributed by atoms with Crippen molar-refractivity contribution in [1.29, 1.82) is 0 Å². The van der Waals surface area contributed by atoms with Gasteiger partial charge < -0.3 is 9.30 Å². The Kier molecular flexibility index (Phi) is 3.68. The van der Waals surface area contributed by atoms with Gasteiger partial charge in [0.05, 0.1) is 12.8 Å². The normalized spacial score (nSPS) is 11.9. The van der Waals surface area contributed by atoms with Gasteiger partial charge >= 0.3 is 6.18 Å². The minimum absolute atomic E-state index is 0.243. The van der Waals surface area contributed by atoms with E-state index in [0.29, 0.717) is 22.9 Å². The number of methoxy groups -OCH3 is 1. The van der Waals surface area contributed by atoms with Crippen LogP contribution in [0.5, 0.6) is 5.75 Å². The van der Waals surface area contributed by atoms with E-state index in [9.17, 15) is 13.2 Å². The topological polar surface area (TPSA) is 39.9 Å². The lowest BCUT2D eigenvalue weighted by molar-refractivity contribution is -0.137. The molecule has 0 spiro atoms. The molecule has 0 fully saturated rings. The second-order valence-corrected chi connectivity index (χ2v) is 5.27. The molecular formula is C15H11ClF3N3O. The average molecular weight is 342 g/mol. The number of ether oxygens (including phenoxy) is 1. The number of fused-ring (bicyclic) bond motifs is 1. The van der Waals surface area contributed by atoms with E-state index in [4.69, 9.17) is 16.3 Å². The van der Waals surface area contributed by atoms with Gasteiger partial charge in [-0.2, -0.15) is 13.2 Å². The lowest BCUT2D eigenvalue weighted by atomic mass is 10.1. The van der Waals surface area contributed by atoms with Gasteiger partial charge in [0.25, 0.3) is 0 Å². The van der Waals surface area contributed by atoms with Gasteiger partial charge in [-0.25, -0.2) is 9.97 Å². The molecule has 3 aromatic rings. The molecule has 23 heavy (non-hydrogen) atoms. The second-order valence-electron chi connectivity index (χ2n) is 4.94. The van der Waals surface area contributed by atoms with Crippen LogP contribution in [0, 0.1) is 0 Å². The quantitative estimate of drug-likeness (QED) is 0.652. The number of nitrogens with zero attached hydrogens (tertiary/aromatic N) is 3. The van der Waals surface area contributed by atoms with Crippen LogP contribution in [0.25, 0.3) is 22.2 Å². The van der Waals surface area contributed by atoms with E-state index in [1.165, 1.54) is 7.11 Å². The smallest absolute Gasteiger partial charge is 0.419 e. The standard InChI is InChI=1S/C15H11ClF3N3O/c1-22-7-10(9-5-8(23-2)3-4-12(9)22)13-11(15(17,18)19)6-20-14(16)21-13/h3-7H,1-2H3. The highest BCUT2D eigenvalue weighted by atomic mass is 35.5. The Hall–Kier alpha value is -2.28. The molecule has 0 N–H and O–H groups in total. The molecule has 8 heteroatoms. The Bertz CT molecular complexity index is 890. The molecule has 0 atom stereocenters. The summed E-state index contributed by atoms with van der Waals surface area (Å²) in [7, 11) is 3.24. The molecule has 0 aliphatic carbocycles. The van der Waals surface area contributed by atoms with Crippen LogP contribution in [0.4, 0.5) is 13.2 Å². The molecule has 0 radical (unpaired) electrons. The fraction of sp³-hybridized carbons (Fsp3) is 0.200. The van der Waals surface area contributed by atoms with E-state index >= 15 is 0 Å². The molecule has 0 amide bonds. The number of halogens is 4. The van der Waals surface area contributed by atoms with Crippen LogP contribution >= 0.6 is 11.6 Å². The van der Waals surface area contributed by atoms with Crippen molar-refractivity contribution in [1.82, 2.24) is 14.5 Å². The molecule has 2 aromatic heterocycles. The predicted octanol–water partition coefficient (Wildman–Crippen LogP) is 4.32. The van der Waals surface area contributed by atoms with E-state index in [2.05, 4.69) is 9.97 Å². The first-order chi connectivity index (χ1) is 10.8. The summed E-state index contributed by atoms with van der Waals surface area (Å²) in [5.41, 5.74) is -0.116. The lowest BCUT2D eigenvalue weighted by Gasteiger charge is -2.11. The van der Waals surface area contributed by atoms with E-state index < -0.39 is 11.7 Å². The zero-order valence-corrected chi connectivity index (χ0v) is 12.9. The maximum atomic E-state index is 13.3. The molecule has 0 saturated carbocycles. The number of hydrogen-bond donors (Lipinski definition) is 0. The summed E-state index contributed by atoms with van der Waals surface area (Å²) in [5, 5.41) is 0.347. The van der Waals surface area contributed by atoms with Crippen LogP contribution in [0.2, 0.25) is 5.28 Å². The van der Waals surface area contributed by atoms with Crippen LogP contribution in [-0.4, -0.2) is 21.6 Å². The maximum Gasteiger partial charge on any atom is 0.419 e. The molecule has 0 bridgehead atoms. The molecule has 120 valence electrons. The third-order valence-electron chi connectivity index (χ3n) is 3.52. The van der Waals surface area contributed by atoms with Crippen LogP contribution < -0.4 is 4.74 Å². The molecular weight excluding hydrogens is 331 g/mol. The monoisotopic (exact) mass is 341 g/mol. The number of hydrogen-bond acceptors (Lipinski definition) is 3. The molecule has 4 nitrogen and oxygen atoms in total. The zero-order valence-electron chi connectivity index (χ0n) is 12.1. The van der Waals surface area contributed by atoms with Gasteiger partial charge in [-0.05, 0) is 29.8 Å². The number of aryl methyl sites for hydroxylation is 1. The van der Waals surface area contributed by atoms with Gasteiger partial charge in [0.1, 0.15) is 11.3 Å². The van der Waals surface area contributed by atoms with Crippen molar-refractivity contribution in [2.24, 2.45) is 7.05 Å². The number of rotatable bonds is 2. The van der Waals surface area contributed by atoms with Crippen molar-refractivity contribution in [3.63, 3.8) is 0 Å². The lowest BCUT2D eigenvalue weighted by Crippen LogP contribution is -2.09. The molecule has 2 heterocycles. The van der Waals surface area contributed by atoms with Crippen molar-refractivity contribution >= 4 is 22.5 Å². The van der Waals surface area contributed by atoms with Crippen LogP contribution in [-0.2, 0) is 13.2 Å². The van der Waals surface area contributed by atoms with Gasteiger partial charge in [0.15, 0.2) is 0 Å². The third kappa shape index (κ3) is 2.72. The summed E-state index contributed by atoms with van der Waals surface area (Å²) in [6.45, 7) is 0. The van der Waals surface area contributed by atoms with Crippen molar-refractivity contribution < 1.29 is 17.9 Å². The summed E-state index contributed by atoms with van der Waals surface area (Å²) < 4.78 is 46.7. The molecule has 1 aromatic carbocycles. The number of aromatic nitrogens is 3. The molecule has 0 aliphatic heterocycles. The Morgan fingerprint density at radius 1 is 1.26 bits per heavy atom. The van der Waals surface area contributed by atoms with Gasteiger partial charge in [0.2, 0.25) is 5.28 Å². The summed E-state index contributed by atoms with van der Waals surface area (Å²) in [5.74, 6) is 0.540. The fourth-order valence-corrected chi connectivity index (χ4v) is 2.59. The van der Waals surface area contributed by atoms with Crippen LogP contribution in [0.3, 0.4) is 0 Å². The van der Waals surface area contributed by atoms with E-state index in [0.717, 1.165) is 5.52 Å². The summed E-state index contributed by atoms with van der Waals surface area (Å²) in [4.78, 5) is 7.26. The zero-order chi connectivity index (χ0) is 16.8. The Morgan fingerprint density at radius 2 is 2.00 bits per heavy atom. The maximum absolute atomic E-state index is 13.3.